The number of hydrogen-bond donors (Lipinski definition) is 1. The van der Waals surface area contributed by atoms with E-state index in [2.05, 4.69) is 13.0 Å². The first-order valence-electron chi connectivity index (χ1n) is 6.06. The molecule has 2 heteroatoms. The third-order valence-electron chi connectivity index (χ3n) is 2.20. The van der Waals surface area contributed by atoms with E-state index in [1.807, 2.05) is 12.2 Å². The summed E-state index contributed by atoms with van der Waals surface area (Å²) < 4.78 is 0. The molecule has 0 rings (SSSR count). The van der Waals surface area contributed by atoms with Crippen LogP contribution in [0, 0.1) is 0 Å². The fourth-order valence-electron chi connectivity index (χ4n) is 1.32. The van der Waals surface area contributed by atoms with E-state index in [4.69, 9.17) is 5.73 Å². The standard InChI is InChI=1S/C14H23NO/c1-2-3-4-5-6-7-8-9-10-11-12-13-14(15)16/h8-13H,2-7H2,1H3,(H2,15,16). The summed E-state index contributed by atoms with van der Waals surface area (Å²) in [5, 5.41) is 0. The molecule has 1 amide bonds. The predicted molar refractivity (Wildman–Crippen MR) is 70.0 cm³/mol. The molecule has 0 fully saturated rings. The van der Waals surface area contributed by atoms with Crippen LogP contribution in [0.15, 0.2) is 36.5 Å². The maximum absolute atomic E-state index is 10.3. The highest BCUT2D eigenvalue weighted by atomic mass is 16.1. The molecule has 2 nitrogen and oxygen atoms in total. The van der Waals surface area contributed by atoms with Gasteiger partial charge in [0.05, 0.1) is 0 Å². The van der Waals surface area contributed by atoms with E-state index in [-0.39, 0.29) is 0 Å². The number of unbranched alkanes of at least 4 members (excludes halogenated alkanes) is 5. The predicted octanol–water partition coefficient (Wildman–Crippen LogP) is 3.50. The van der Waals surface area contributed by atoms with Crippen molar-refractivity contribution in [3.05, 3.63) is 36.5 Å². The molecule has 0 aromatic rings. The molecular weight excluding hydrogens is 198 g/mol. The van der Waals surface area contributed by atoms with Gasteiger partial charge in [0.15, 0.2) is 0 Å². The van der Waals surface area contributed by atoms with Crippen LogP contribution in [-0.4, -0.2) is 5.91 Å². The SMILES string of the molecule is CCCCCCCC=CC=CC=CC(N)=O. The van der Waals surface area contributed by atoms with Crippen LogP contribution in [0.3, 0.4) is 0 Å². The maximum Gasteiger partial charge on any atom is 0.241 e. The summed E-state index contributed by atoms with van der Waals surface area (Å²) in [5.74, 6) is -0.412. The Kier molecular flexibility index (Phi) is 10.8. The molecular formula is C14H23NO. The number of rotatable bonds is 9. The van der Waals surface area contributed by atoms with Crippen molar-refractivity contribution in [1.82, 2.24) is 0 Å². The lowest BCUT2D eigenvalue weighted by molar-refractivity contribution is -0.113. The Hall–Kier alpha value is -1.31. The molecule has 0 atom stereocenters. The average Bonchev–Trinajstić information content (AvgIpc) is 2.25. The molecule has 0 aliphatic carbocycles. The van der Waals surface area contributed by atoms with E-state index in [0.717, 1.165) is 6.42 Å². The van der Waals surface area contributed by atoms with Crippen molar-refractivity contribution in [3.8, 4) is 0 Å². The smallest absolute Gasteiger partial charge is 0.241 e. The summed E-state index contributed by atoms with van der Waals surface area (Å²) >= 11 is 0. The Morgan fingerprint density at radius 1 is 1.00 bits per heavy atom. The summed E-state index contributed by atoms with van der Waals surface area (Å²) in [6.07, 6.45) is 18.6. The Labute approximate surface area is 98.9 Å². The van der Waals surface area contributed by atoms with Gasteiger partial charge in [-0.3, -0.25) is 4.79 Å². The topological polar surface area (TPSA) is 43.1 Å². The quantitative estimate of drug-likeness (QED) is 0.361. The lowest BCUT2D eigenvalue weighted by Crippen LogP contribution is -2.04. The van der Waals surface area contributed by atoms with Crippen LogP contribution in [0.2, 0.25) is 0 Å². The van der Waals surface area contributed by atoms with Crippen LogP contribution in [0.5, 0.6) is 0 Å². The minimum absolute atomic E-state index is 0.412. The first-order chi connectivity index (χ1) is 7.77. The normalized spacial score (nSPS) is 12.1. The largest absolute Gasteiger partial charge is 0.366 e. The minimum atomic E-state index is -0.412. The summed E-state index contributed by atoms with van der Waals surface area (Å²) in [7, 11) is 0. The molecule has 0 aliphatic rings. The van der Waals surface area contributed by atoms with Gasteiger partial charge in [0.2, 0.25) is 5.91 Å². The number of carbonyl (C=O) groups is 1. The third kappa shape index (κ3) is 12.7. The zero-order valence-corrected chi connectivity index (χ0v) is 10.2. The van der Waals surface area contributed by atoms with Crippen molar-refractivity contribution in [2.45, 2.75) is 45.4 Å². The van der Waals surface area contributed by atoms with Crippen molar-refractivity contribution < 1.29 is 4.79 Å². The summed E-state index contributed by atoms with van der Waals surface area (Å²) in [6.45, 7) is 2.23. The van der Waals surface area contributed by atoms with Gasteiger partial charge >= 0.3 is 0 Å². The van der Waals surface area contributed by atoms with Gasteiger partial charge in [0.1, 0.15) is 0 Å². The highest BCUT2D eigenvalue weighted by Crippen LogP contribution is 2.05. The van der Waals surface area contributed by atoms with Gasteiger partial charge in [-0.25, -0.2) is 0 Å². The van der Waals surface area contributed by atoms with Gasteiger partial charge in [-0.05, 0) is 12.8 Å². The monoisotopic (exact) mass is 221 g/mol. The molecule has 0 heterocycles. The van der Waals surface area contributed by atoms with Crippen LogP contribution in [-0.2, 0) is 4.79 Å². The molecule has 0 unspecified atom stereocenters. The van der Waals surface area contributed by atoms with Crippen LogP contribution in [0.1, 0.15) is 45.4 Å². The van der Waals surface area contributed by atoms with E-state index in [0.29, 0.717) is 0 Å². The Morgan fingerprint density at radius 2 is 1.69 bits per heavy atom. The number of nitrogens with two attached hydrogens (primary N) is 1. The van der Waals surface area contributed by atoms with Gasteiger partial charge in [0.25, 0.3) is 0 Å². The molecule has 0 bridgehead atoms. The molecule has 0 radical (unpaired) electrons. The van der Waals surface area contributed by atoms with E-state index in [1.165, 1.54) is 38.2 Å². The second-order valence-electron chi connectivity index (χ2n) is 3.78. The number of hydrogen-bond acceptors (Lipinski definition) is 1. The van der Waals surface area contributed by atoms with E-state index in [1.54, 1.807) is 12.2 Å². The Bertz CT molecular complexity index is 251. The van der Waals surface area contributed by atoms with Crippen LogP contribution in [0.25, 0.3) is 0 Å². The number of allylic oxidation sites excluding steroid dienone is 5. The second-order valence-corrected chi connectivity index (χ2v) is 3.78. The van der Waals surface area contributed by atoms with Gasteiger partial charge in [-0.2, -0.15) is 0 Å². The maximum atomic E-state index is 10.3. The van der Waals surface area contributed by atoms with Gasteiger partial charge in [0, 0.05) is 6.08 Å². The third-order valence-corrected chi connectivity index (χ3v) is 2.20. The summed E-state index contributed by atoms with van der Waals surface area (Å²) in [5.41, 5.74) is 4.94. The number of carbonyl (C=O) groups excluding carboxylic acids is 1. The minimum Gasteiger partial charge on any atom is -0.366 e. The van der Waals surface area contributed by atoms with Crippen molar-refractivity contribution in [2.24, 2.45) is 5.73 Å². The molecule has 0 aromatic heterocycles. The average molecular weight is 221 g/mol. The lowest BCUT2D eigenvalue weighted by Gasteiger charge is -1.95. The van der Waals surface area contributed by atoms with Crippen LogP contribution >= 0.6 is 0 Å². The Balaban J connectivity index is 3.37. The van der Waals surface area contributed by atoms with Crippen molar-refractivity contribution in [2.75, 3.05) is 0 Å². The lowest BCUT2D eigenvalue weighted by atomic mass is 10.1. The second kappa shape index (κ2) is 11.8. The van der Waals surface area contributed by atoms with E-state index < -0.39 is 5.91 Å². The molecule has 0 aromatic carbocycles. The van der Waals surface area contributed by atoms with Crippen molar-refractivity contribution in [3.63, 3.8) is 0 Å². The van der Waals surface area contributed by atoms with Gasteiger partial charge < -0.3 is 5.73 Å². The first-order valence-corrected chi connectivity index (χ1v) is 6.06. The molecule has 2 N–H and O–H groups in total. The van der Waals surface area contributed by atoms with Crippen LogP contribution < -0.4 is 5.73 Å². The van der Waals surface area contributed by atoms with Gasteiger partial charge in [-0.1, -0.05) is 63.0 Å². The summed E-state index contributed by atoms with van der Waals surface area (Å²) in [4.78, 5) is 10.3. The zero-order chi connectivity index (χ0) is 12.1. The van der Waals surface area contributed by atoms with Crippen molar-refractivity contribution in [1.29, 1.82) is 0 Å². The zero-order valence-electron chi connectivity index (χ0n) is 10.2. The fourth-order valence-corrected chi connectivity index (χ4v) is 1.32. The first kappa shape index (κ1) is 14.7. The van der Waals surface area contributed by atoms with E-state index >= 15 is 0 Å². The van der Waals surface area contributed by atoms with Crippen LogP contribution in [0.4, 0.5) is 0 Å². The molecule has 0 saturated heterocycles. The summed E-state index contributed by atoms with van der Waals surface area (Å²) in [6, 6.07) is 0. The molecule has 0 aliphatic heterocycles. The number of primary amides is 1. The molecule has 16 heavy (non-hydrogen) atoms. The molecule has 0 saturated carbocycles. The molecule has 0 spiro atoms. The van der Waals surface area contributed by atoms with E-state index in [9.17, 15) is 4.79 Å². The van der Waals surface area contributed by atoms with Gasteiger partial charge in [-0.15, -0.1) is 0 Å². The highest BCUT2D eigenvalue weighted by Gasteiger charge is 1.85. The fraction of sp³-hybridized carbons (Fsp3) is 0.500. The highest BCUT2D eigenvalue weighted by molar-refractivity contribution is 5.85. The molecule has 90 valence electrons. The Morgan fingerprint density at radius 3 is 2.38 bits per heavy atom. The number of amides is 1. The van der Waals surface area contributed by atoms with Crippen molar-refractivity contribution >= 4 is 5.91 Å².